The van der Waals surface area contributed by atoms with Crippen LogP contribution in [0.5, 0.6) is 0 Å². The maximum absolute atomic E-state index is 12.3. The lowest BCUT2D eigenvalue weighted by molar-refractivity contribution is 0.0924. The number of halogens is 1. The Balaban J connectivity index is 0.00000200. The summed E-state index contributed by atoms with van der Waals surface area (Å²) in [6.45, 7) is 7.16. The standard InChI is InChI=1S/C16H24N2O.ClH/c1-3-13-7-4-5-8-14(13)15(19)18-12-16(2)9-6-10-17-11-16;/h4-5,7-8,17H,3,6,9-12H2,1-2H3,(H,18,19);1H. The lowest BCUT2D eigenvalue weighted by Gasteiger charge is -2.34. The molecule has 1 fully saturated rings. The highest BCUT2D eigenvalue weighted by Gasteiger charge is 2.27. The molecular formula is C16H25ClN2O. The van der Waals surface area contributed by atoms with Gasteiger partial charge in [-0.05, 0) is 42.9 Å². The van der Waals surface area contributed by atoms with E-state index in [2.05, 4.69) is 24.5 Å². The Labute approximate surface area is 127 Å². The van der Waals surface area contributed by atoms with Gasteiger partial charge in [0, 0.05) is 18.7 Å². The summed E-state index contributed by atoms with van der Waals surface area (Å²) >= 11 is 0. The number of rotatable bonds is 4. The molecule has 0 saturated carbocycles. The number of nitrogens with one attached hydrogen (secondary N) is 2. The molecule has 1 unspecified atom stereocenters. The Morgan fingerprint density at radius 2 is 2.15 bits per heavy atom. The van der Waals surface area contributed by atoms with E-state index in [1.54, 1.807) is 0 Å². The Kier molecular flexibility index (Phi) is 6.50. The summed E-state index contributed by atoms with van der Waals surface area (Å²) in [6, 6.07) is 7.86. The Morgan fingerprint density at radius 1 is 1.40 bits per heavy atom. The molecule has 0 radical (unpaired) electrons. The second-order valence-corrected chi connectivity index (χ2v) is 5.78. The van der Waals surface area contributed by atoms with Crippen molar-refractivity contribution < 1.29 is 4.79 Å². The van der Waals surface area contributed by atoms with Gasteiger partial charge >= 0.3 is 0 Å². The van der Waals surface area contributed by atoms with Crippen molar-refractivity contribution in [3.8, 4) is 0 Å². The first-order chi connectivity index (χ1) is 9.14. The Bertz CT molecular complexity index is 442. The molecule has 1 aliphatic rings. The second kappa shape index (κ2) is 7.65. The summed E-state index contributed by atoms with van der Waals surface area (Å²) in [5.74, 6) is 0.0595. The zero-order valence-corrected chi connectivity index (χ0v) is 13.2. The first-order valence-corrected chi connectivity index (χ1v) is 7.21. The number of hydrogen-bond donors (Lipinski definition) is 2. The van der Waals surface area contributed by atoms with Gasteiger partial charge in [0.05, 0.1) is 0 Å². The van der Waals surface area contributed by atoms with Crippen LogP contribution in [-0.2, 0) is 6.42 Å². The largest absolute Gasteiger partial charge is 0.351 e. The number of aryl methyl sites for hydroxylation is 1. The van der Waals surface area contributed by atoms with Crippen LogP contribution in [0, 0.1) is 5.41 Å². The number of piperidine rings is 1. The molecule has 4 heteroatoms. The van der Waals surface area contributed by atoms with Gasteiger partial charge in [-0.15, -0.1) is 12.4 Å². The molecule has 0 aromatic heterocycles. The summed E-state index contributed by atoms with van der Waals surface area (Å²) in [4.78, 5) is 12.3. The van der Waals surface area contributed by atoms with Gasteiger partial charge in [-0.2, -0.15) is 0 Å². The van der Waals surface area contributed by atoms with Gasteiger partial charge in [0.25, 0.3) is 5.91 Å². The monoisotopic (exact) mass is 296 g/mol. The van der Waals surface area contributed by atoms with Crippen LogP contribution in [-0.4, -0.2) is 25.5 Å². The minimum Gasteiger partial charge on any atom is -0.351 e. The molecule has 0 spiro atoms. The Morgan fingerprint density at radius 3 is 2.80 bits per heavy atom. The van der Waals surface area contributed by atoms with Gasteiger partial charge in [-0.3, -0.25) is 4.79 Å². The summed E-state index contributed by atoms with van der Waals surface area (Å²) in [6.07, 6.45) is 3.26. The predicted molar refractivity (Wildman–Crippen MR) is 85.6 cm³/mol. The van der Waals surface area contributed by atoms with Crippen LogP contribution < -0.4 is 10.6 Å². The van der Waals surface area contributed by atoms with Crippen molar-refractivity contribution in [2.45, 2.75) is 33.1 Å². The van der Waals surface area contributed by atoms with E-state index in [9.17, 15) is 4.79 Å². The third kappa shape index (κ3) is 4.22. The fourth-order valence-corrected chi connectivity index (χ4v) is 2.71. The second-order valence-electron chi connectivity index (χ2n) is 5.78. The molecule has 0 bridgehead atoms. The molecule has 1 aromatic carbocycles. The van der Waals surface area contributed by atoms with Crippen LogP contribution in [0.4, 0.5) is 0 Å². The summed E-state index contributed by atoms with van der Waals surface area (Å²) in [5.41, 5.74) is 2.12. The number of benzene rings is 1. The normalized spacial score (nSPS) is 21.9. The number of amides is 1. The average molecular weight is 297 g/mol. The molecule has 0 aliphatic carbocycles. The first kappa shape index (κ1) is 17.0. The van der Waals surface area contributed by atoms with E-state index in [1.165, 1.54) is 12.8 Å². The molecule has 20 heavy (non-hydrogen) atoms. The maximum atomic E-state index is 12.3. The number of hydrogen-bond acceptors (Lipinski definition) is 2. The fourth-order valence-electron chi connectivity index (χ4n) is 2.71. The van der Waals surface area contributed by atoms with Crippen LogP contribution in [0.3, 0.4) is 0 Å². The van der Waals surface area contributed by atoms with Crippen LogP contribution in [0.2, 0.25) is 0 Å². The Hall–Kier alpha value is -1.06. The van der Waals surface area contributed by atoms with Gasteiger partial charge in [-0.1, -0.05) is 32.0 Å². The minimum absolute atomic E-state index is 0. The molecule has 1 amide bonds. The van der Waals surface area contributed by atoms with Crippen LogP contribution in [0.1, 0.15) is 42.6 Å². The molecule has 1 aromatic rings. The maximum Gasteiger partial charge on any atom is 0.251 e. The summed E-state index contributed by atoms with van der Waals surface area (Å²) < 4.78 is 0. The minimum atomic E-state index is 0. The molecule has 2 N–H and O–H groups in total. The summed E-state index contributed by atoms with van der Waals surface area (Å²) in [7, 11) is 0. The SMILES string of the molecule is CCc1ccccc1C(=O)NCC1(C)CCCNC1.Cl. The van der Waals surface area contributed by atoms with Gasteiger partial charge in [0.1, 0.15) is 0 Å². The van der Waals surface area contributed by atoms with Crippen molar-refractivity contribution in [1.29, 1.82) is 0 Å². The van der Waals surface area contributed by atoms with Crippen LogP contribution in [0.15, 0.2) is 24.3 Å². The number of carbonyl (C=O) groups is 1. The lowest BCUT2D eigenvalue weighted by Crippen LogP contribution is -2.45. The van der Waals surface area contributed by atoms with E-state index in [4.69, 9.17) is 0 Å². The van der Waals surface area contributed by atoms with Crippen molar-refractivity contribution in [2.75, 3.05) is 19.6 Å². The molecular weight excluding hydrogens is 272 g/mol. The molecule has 3 nitrogen and oxygen atoms in total. The van der Waals surface area contributed by atoms with Crippen molar-refractivity contribution in [1.82, 2.24) is 10.6 Å². The van der Waals surface area contributed by atoms with Gasteiger partial charge < -0.3 is 10.6 Å². The van der Waals surface area contributed by atoms with E-state index < -0.39 is 0 Å². The number of carbonyl (C=O) groups excluding carboxylic acids is 1. The highest BCUT2D eigenvalue weighted by atomic mass is 35.5. The van der Waals surface area contributed by atoms with Crippen LogP contribution in [0.25, 0.3) is 0 Å². The van der Waals surface area contributed by atoms with Crippen molar-refractivity contribution in [3.05, 3.63) is 35.4 Å². The quantitative estimate of drug-likeness (QED) is 0.897. The highest BCUT2D eigenvalue weighted by molar-refractivity contribution is 5.95. The fraction of sp³-hybridized carbons (Fsp3) is 0.562. The van der Waals surface area contributed by atoms with Crippen molar-refractivity contribution in [2.24, 2.45) is 5.41 Å². The van der Waals surface area contributed by atoms with Gasteiger partial charge in [-0.25, -0.2) is 0 Å². The van der Waals surface area contributed by atoms with E-state index in [0.29, 0.717) is 0 Å². The average Bonchev–Trinajstić information content (AvgIpc) is 2.45. The van der Waals surface area contributed by atoms with Crippen LogP contribution >= 0.6 is 12.4 Å². The van der Waals surface area contributed by atoms with Crippen molar-refractivity contribution in [3.63, 3.8) is 0 Å². The molecule has 112 valence electrons. The molecule has 1 atom stereocenters. The first-order valence-electron chi connectivity index (χ1n) is 7.21. The zero-order valence-electron chi connectivity index (χ0n) is 12.4. The lowest BCUT2D eigenvalue weighted by atomic mass is 9.82. The van der Waals surface area contributed by atoms with Gasteiger partial charge in [0.2, 0.25) is 0 Å². The smallest absolute Gasteiger partial charge is 0.251 e. The zero-order chi connectivity index (χ0) is 13.7. The molecule has 2 rings (SSSR count). The molecule has 1 heterocycles. The predicted octanol–water partition coefficient (Wildman–Crippen LogP) is 2.79. The molecule has 1 aliphatic heterocycles. The third-order valence-electron chi connectivity index (χ3n) is 4.00. The van der Waals surface area contributed by atoms with E-state index in [-0.39, 0.29) is 23.7 Å². The van der Waals surface area contributed by atoms with Gasteiger partial charge in [0.15, 0.2) is 0 Å². The highest BCUT2D eigenvalue weighted by Crippen LogP contribution is 2.24. The molecule has 1 saturated heterocycles. The van der Waals surface area contributed by atoms with E-state index >= 15 is 0 Å². The third-order valence-corrected chi connectivity index (χ3v) is 4.00. The topological polar surface area (TPSA) is 41.1 Å². The van der Waals surface area contributed by atoms with Crippen molar-refractivity contribution >= 4 is 18.3 Å². The van der Waals surface area contributed by atoms with E-state index in [1.807, 2.05) is 24.3 Å². The van der Waals surface area contributed by atoms with E-state index in [0.717, 1.165) is 37.2 Å². The summed E-state index contributed by atoms with van der Waals surface area (Å²) in [5, 5.41) is 6.52.